The summed E-state index contributed by atoms with van der Waals surface area (Å²) in [5, 5.41) is 12.0. The maximum Gasteiger partial charge on any atom is 1.00 e. The summed E-state index contributed by atoms with van der Waals surface area (Å²) in [5.41, 5.74) is 1.13. The average Bonchev–Trinajstić information content (AvgIpc) is 2.67. The molecule has 0 unspecified atom stereocenters. The van der Waals surface area contributed by atoms with E-state index in [1.54, 1.807) is 24.3 Å². The van der Waals surface area contributed by atoms with Crippen LogP contribution in [0.5, 0.6) is 0 Å². The normalized spacial score (nSPS) is 9.76. The van der Waals surface area contributed by atoms with Crippen LogP contribution in [0.2, 0.25) is 0 Å². The summed E-state index contributed by atoms with van der Waals surface area (Å²) < 4.78 is 5.39. The molecule has 8 nitrogen and oxygen atoms in total. The molecule has 0 aliphatic carbocycles. The van der Waals surface area contributed by atoms with Gasteiger partial charge < -0.3 is 30.3 Å². The maximum atomic E-state index is 11.9. The Balaban J connectivity index is -0.00000320. The van der Waals surface area contributed by atoms with Gasteiger partial charge in [-0.05, 0) is 18.9 Å². The van der Waals surface area contributed by atoms with Crippen LogP contribution in [0, 0.1) is 5.92 Å². The van der Waals surface area contributed by atoms with E-state index in [2.05, 4.69) is 29.8 Å². The number of carbonyl (C=O) groups is 4. The number of ketones is 2. The molecule has 0 radical (unpaired) electrons. The Labute approximate surface area is 350 Å². The third-order valence-electron chi connectivity index (χ3n) is 3.96. The first-order chi connectivity index (χ1) is 14.8. The predicted molar refractivity (Wildman–Crippen MR) is 120 cm³/mol. The number of rotatable bonds is 16. The molecule has 1 aromatic carbocycles. The largest absolute Gasteiger partial charge is 1.00 e. The number of benzene rings is 1. The summed E-state index contributed by atoms with van der Waals surface area (Å²) in [7, 11) is 0. The Morgan fingerprint density at radius 2 is 1.53 bits per heavy atom. The van der Waals surface area contributed by atoms with Gasteiger partial charge in [0, 0.05) is 26.1 Å². The van der Waals surface area contributed by atoms with Crippen LogP contribution in [0.15, 0.2) is 24.3 Å². The summed E-state index contributed by atoms with van der Waals surface area (Å²) in [4.78, 5) is 46.3. The van der Waals surface area contributed by atoms with Crippen LogP contribution in [-0.2, 0) is 30.3 Å². The Morgan fingerprint density at radius 3 is 2.12 bits per heavy atom. The molecule has 0 heterocycles. The summed E-state index contributed by atoms with van der Waals surface area (Å²) >= 11 is 0. The Morgan fingerprint density at radius 1 is 0.882 bits per heavy atom. The van der Waals surface area contributed by atoms with Crippen LogP contribution in [0.1, 0.15) is 45.6 Å². The van der Waals surface area contributed by atoms with Crippen LogP contribution < -0.4 is 175 Å². The molecular formula is C23H32N3O5Rb3. The molecule has 1 rings (SSSR count). The van der Waals surface area contributed by atoms with Gasteiger partial charge in [-0.1, -0.05) is 44.0 Å². The molecule has 0 N–H and O–H groups in total. The molecule has 0 aromatic heterocycles. The van der Waals surface area contributed by atoms with Crippen molar-refractivity contribution in [2.75, 3.05) is 32.8 Å². The quantitative estimate of drug-likeness (QED) is 0.128. The second kappa shape index (κ2) is 26.1. The number of amides is 2. The predicted octanol–water partition coefficient (Wildman–Crippen LogP) is -4.95. The van der Waals surface area contributed by atoms with Crippen molar-refractivity contribution in [2.24, 2.45) is 5.92 Å². The molecule has 172 valence electrons. The summed E-state index contributed by atoms with van der Waals surface area (Å²) in [6.45, 7) is 8.33. The zero-order chi connectivity index (χ0) is 23.1. The zero-order valence-corrected chi connectivity index (χ0v) is 36.4. The van der Waals surface area contributed by atoms with Gasteiger partial charge in [0.1, 0.15) is 11.6 Å². The van der Waals surface area contributed by atoms with E-state index in [9.17, 15) is 19.2 Å². The number of nitrogens with zero attached hydrogens (tertiary/aromatic N) is 3. The van der Waals surface area contributed by atoms with Gasteiger partial charge in [0.05, 0.1) is 18.2 Å². The SMILES string of the molecule is CC(=O)CC(=O)Cc1ccc([N-]C(=O)CC(=O)[N-]CCOCCC[N-]CC(C)C)cc1.[Rb+].[Rb+].[Rb+]. The minimum absolute atomic E-state index is 0. The minimum atomic E-state index is -0.582. The monoisotopic (exact) mass is 685 g/mol. The van der Waals surface area contributed by atoms with Crippen molar-refractivity contribution in [1.82, 2.24) is 0 Å². The maximum absolute atomic E-state index is 11.9. The van der Waals surface area contributed by atoms with Crippen molar-refractivity contribution in [3.05, 3.63) is 45.8 Å². The second-order valence-electron chi connectivity index (χ2n) is 7.71. The van der Waals surface area contributed by atoms with E-state index in [4.69, 9.17) is 4.74 Å². The van der Waals surface area contributed by atoms with E-state index >= 15 is 0 Å². The molecule has 0 saturated carbocycles. The molecule has 0 bridgehead atoms. The van der Waals surface area contributed by atoms with Gasteiger partial charge in [0.15, 0.2) is 0 Å². The Kier molecular flexibility index (Phi) is 31.7. The number of hydrogen-bond acceptors (Lipinski definition) is 5. The fourth-order valence-electron chi connectivity index (χ4n) is 2.59. The van der Waals surface area contributed by atoms with E-state index < -0.39 is 18.2 Å². The molecule has 0 spiro atoms. The fourth-order valence-corrected chi connectivity index (χ4v) is 2.59. The van der Waals surface area contributed by atoms with Gasteiger partial charge in [-0.25, -0.2) is 0 Å². The molecule has 0 aliphatic heterocycles. The summed E-state index contributed by atoms with van der Waals surface area (Å²) in [5.74, 6) is -0.881. The van der Waals surface area contributed by atoms with Crippen molar-refractivity contribution >= 4 is 29.1 Å². The summed E-state index contributed by atoms with van der Waals surface area (Å²) in [6.07, 6.45) is 0.504. The minimum Gasteiger partial charge on any atom is -0.662 e. The van der Waals surface area contributed by atoms with Crippen LogP contribution >= 0.6 is 0 Å². The first-order valence-corrected chi connectivity index (χ1v) is 10.5. The Bertz CT molecular complexity index is 731. The van der Waals surface area contributed by atoms with E-state index in [1.165, 1.54) is 6.92 Å². The first kappa shape index (κ1) is 41.3. The number of carbonyl (C=O) groups excluding carboxylic acids is 4. The smallest absolute Gasteiger partial charge is 0.662 e. The molecule has 1 aromatic rings. The molecule has 0 atom stereocenters. The van der Waals surface area contributed by atoms with Crippen molar-refractivity contribution < 1.29 is 198 Å². The van der Waals surface area contributed by atoms with Crippen LogP contribution in [0.25, 0.3) is 16.0 Å². The molecule has 11 heteroatoms. The van der Waals surface area contributed by atoms with Crippen LogP contribution in [0.4, 0.5) is 5.69 Å². The van der Waals surface area contributed by atoms with Crippen molar-refractivity contribution in [3.63, 3.8) is 0 Å². The second-order valence-corrected chi connectivity index (χ2v) is 7.71. The van der Waals surface area contributed by atoms with E-state index in [-0.39, 0.29) is 206 Å². The van der Waals surface area contributed by atoms with Gasteiger partial charge in [-0.3, -0.25) is 9.59 Å². The fraction of sp³-hybridized carbons (Fsp3) is 0.565. The van der Waals surface area contributed by atoms with E-state index in [1.807, 2.05) is 0 Å². The first-order valence-electron chi connectivity index (χ1n) is 10.5. The molecule has 2 amide bonds. The zero-order valence-electron chi connectivity index (χ0n) is 21.6. The van der Waals surface area contributed by atoms with Gasteiger partial charge in [0.2, 0.25) is 0 Å². The standard InChI is InChI=1S/C23H34N3O5.3Rb/c1-17(2)16-24-9-4-11-31-12-10-25-22(29)15-23(30)26-20-7-5-19(6-8-20)14-21(28)13-18(3)27;;;/h5-8,17H,4,9-16H2,1-3H3,(H2,25,26,29,30);;;/q-1;3*+1/p-2. The van der Waals surface area contributed by atoms with Gasteiger partial charge >= 0.3 is 175 Å². The number of Topliss-reactive ketones (excluding diaryl/α,β-unsaturated/α-hetero) is 2. The Hall–Kier alpha value is 2.84. The molecular weight excluding hydrogens is 655 g/mol. The molecule has 0 aliphatic rings. The molecule has 34 heavy (non-hydrogen) atoms. The molecule has 0 saturated heterocycles. The average molecular weight is 687 g/mol. The van der Waals surface area contributed by atoms with Crippen LogP contribution in [-0.4, -0.2) is 56.2 Å². The number of hydrogen-bond donors (Lipinski definition) is 0. The van der Waals surface area contributed by atoms with Crippen molar-refractivity contribution in [3.8, 4) is 0 Å². The topological polar surface area (TPSA) is 120 Å². The van der Waals surface area contributed by atoms with Crippen molar-refractivity contribution in [1.29, 1.82) is 0 Å². The number of ether oxygens (including phenoxy) is 1. The third-order valence-corrected chi connectivity index (χ3v) is 3.96. The van der Waals surface area contributed by atoms with E-state index in [0.29, 0.717) is 24.8 Å². The molecule has 0 fully saturated rings. The van der Waals surface area contributed by atoms with Crippen LogP contribution in [0.3, 0.4) is 0 Å². The van der Waals surface area contributed by atoms with Gasteiger partial charge in [0.25, 0.3) is 0 Å². The van der Waals surface area contributed by atoms with Gasteiger partial charge in [-0.15, -0.1) is 25.3 Å². The van der Waals surface area contributed by atoms with Gasteiger partial charge in [-0.2, -0.15) is 0 Å². The third kappa shape index (κ3) is 23.9. The van der Waals surface area contributed by atoms with E-state index in [0.717, 1.165) is 25.1 Å². The summed E-state index contributed by atoms with van der Waals surface area (Å²) in [6, 6.07) is 6.53. The van der Waals surface area contributed by atoms with Crippen molar-refractivity contribution in [2.45, 2.75) is 46.5 Å².